The van der Waals surface area contributed by atoms with Crippen molar-refractivity contribution in [2.24, 2.45) is 5.73 Å². The van der Waals surface area contributed by atoms with Gasteiger partial charge < -0.3 is 5.73 Å². The van der Waals surface area contributed by atoms with Gasteiger partial charge in [0, 0.05) is 23.2 Å². The number of aryl methyl sites for hydroxylation is 3. The lowest BCUT2D eigenvalue weighted by Crippen LogP contribution is -2.11. The third kappa shape index (κ3) is 3.19. The minimum absolute atomic E-state index is 0.192. The number of thioether (sulfide) groups is 1. The van der Waals surface area contributed by atoms with Crippen LogP contribution in [0.15, 0.2) is 29.4 Å². The Labute approximate surface area is 125 Å². The van der Waals surface area contributed by atoms with Crippen molar-refractivity contribution in [1.82, 2.24) is 9.97 Å². The Morgan fingerprint density at radius 1 is 1.05 bits per heavy atom. The number of rotatable bonds is 4. The molecule has 1 aromatic heterocycles. The second kappa shape index (κ2) is 6.37. The first-order valence-corrected chi connectivity index (χ1v) is 7.65. The van der Waals surface area contributed by atoms with Crippen molar-refractivity contribution in [3.63, 3.8) is 0 Å². The van der Waals surface area contributed by atoms with Gasteiger partial charge in [-0.15, -0.1) is 0 Å². The number of nitrogens with two attached hydrogens (primary N) is 1. The van der Waals surface area contributed by atoms with Crippen LogP contribution in [0, 0.1) is 27.7 Å². The molecule has 0 aliphatic rings. The summed E-state index contributed by atoms with van der Waals surface area (Å²) in [5.74, 6) is 0. The molecule has 2 aromatic rings. The van der Waals surface area contributed by atoms with Gasteiger partial charge in [0.15, 0.2) is 5.16 Å². The van der Waals surface area contributed by atoms with Crippen LogP contribution in [0.25, 0.3) is 0 Å². The summed E-state index contributed by atoms with van der Waals surface area (Å²) in [6, 6.07) is 8.35. The van der Waals surface area contributed by atoms with Gasteiger partial charge in [-0.05, 0) is 44.4 Å². The van der Waals surface area contributed by atoms with E-state index in [1.165, 1.54) is 11.1 Å². The van der Waals surface area contributed by atoms with Crippen molar-refractivity contribution in [1.29, 1.82) is 0 Å². The smallest absolute Gasteiger partial charge is 0.188 e. The monoisotopic (exact) mass is 287 g/mol. The normalized spacial score (nSPS) is 12.4. The van der Waals surface area contributed by atoms with Crippen LogP contribution < -0.4 is 5.73 Å². The Kier molecular flexibility index (Phi) is 4.78. The molecule has 2 rings (SSSR count). The zero-order valence-electron chi connectivity index (χ0n) is 12.5. The lowest BCUT2D eigenvalue weighted by Gasteiger charge is -2.17. The van der Waals surface area contributed by atoms with Crippen molar-refractivity contribution in [2.75, 3.05) is 6.54 Å². The fourth-order valence-electron chi connectivity index (χ4n) is 2.11. The molecule has 106 valence electrons. The average Bonchev–Trinajstić information content (AvgIpc) is 2.43. The Balaban J connectivity index is 2.30. The Morgan fingerprint density at radius 2 is 1.65 bits per heavy atom. The lowest BCUT2D eigenvalue weighted by molar-refractivity contribution is 0.861. The summed E-state index contributed by atoms with van der Waals surface area (Å²) in [4.78, 5) is 9.15. The molecule has 0 aliphatic carbocycles. The molecule has 4 heteroatoms. The summed E-state index contributed by atoms with van der Waals surface area (Å²) < 4.78 is 0. The predicted molar refractivity (Wildman–Crippen MR) is 85.1 cm³/mol. The highest BCUT2D eigenvalue weighted by atomic mass is 32.2. The lowest BCUT2D eigenvalue weighted by atomic mass is 10.1. The summed E-state index contributed by atoms with van der Waals surface area (Å²) >= 11 is 1.65. The molecule has 2 N–H and O–H groups in total. The SMILES string of the molecule is Cc1ccccc1C(CN)Sc1nc(C)c(C)c(C)n1. The molecule has 0 saturated heterocycles. The fraction of sp³-hybridized carbons (Fsp3) is 0.375. The molecule has 0 aliphatic heterocycles. The zero-order valence-corrected chi connectivity index (χ0v) is 13.3. The third-order valence-corrected chi connectivity index (χ3v) is 4.73. The summed E-state index contributed by atoms with van der Waals surface area (Å²) in [6.07, 6.45) is 0. The van der Waals surface area contributed by atoms with Crippen molar-refractivity contribution < 1.29 is 0 Å². The van der Waals surface area contributed by atoms with Crippen LogP contribution in [0.4, 0.5) is 0 Å². The van der Waals surface area contributed by atoms with Crippen LogP contribution in [0.3, 0.4) is 0 Å². The average molecular weight is 287 g/mol. The van der Waals surface area contributed by atoms with E-state index >= 15 is 0 Å². The first-order valence-electron chi connectivity index (χ1n) is 6.77. The van der Waals surface area contributed by atoms with Gasteiger partial charge in [-0.3, -0.25) is 0 Å². The molecule has 0 spiro atoms. The molecular weight excluding hydrogens is 266 g/mol. The van der Waals surface area contributed by atoms with Crippen LogP contribution in [-0.4, -0.2) is 16.5 Å². The molecule has 1 heterocycles. The fourth-order valence-corrected chi connectivity index (χ4v) is 3.23. The molecule has 3 nitrogen and oxygen atoms in total. The van der Waals surface area contributed by atoms with E-state index in [4.69, 9.17) is 5.73 Å². The highest BCUT2D eigenvalue weighted by molar-refractivity contribution is 7.99. The Morgan fingerprint density at radius 3 is 2.20 bits per heavy atom. The maximum absolute atomic E-state index is 5.95. The molecule has 0 radical (unpaired) electrons. The van der Waals surface area contributed by atoms with E-state index in [2.05, 4.69) is 42.0 Å². The van der Waals surface area contributed by atoms with E-state index in [1.54, 1.807) is 11.8 Å². The number of benzene rings is 1. The van der Waals surface area contributed by atoms with Crippen LogP contribution in [-0.2, 0) is 0 Å². The molecule has 0 amide bonds. The molecule has 0 saturated carbocycles. The van der Waals surface area contributed by atoms with Crippen molar-refractivity contribution in [3.8, 4) is 0 Å². The Bertz CT molecular complexity index is 587. The standard InChI is InChI=1S/C16H21N3S/c1-10-7-5-6-8-14(10)15(9-17)20-16-18-12(3)11(2)13(4)19-16/h5-8,15H,9,17H2,1-4H3. The van der Waals surface area contributed by atoms with Crippen molar-refractivity contribution in [3.05, 3.63) is 52.3 Å². The quantitative estimate of drug-likeness (QED) is 0.690. The molecular formula is C16H21N3S. The largest absolute Gasteiger partial charge is 0.329 e. The number of aromatic nitrogens is 2. The topological polar surface area (TPSA) is 51.8 Å². The first-order chi connectivity index (χ1) is 9.52. The van der Waals surface area contributed by atoms with E-state index in [1.807, 2.05) is 19.9 Å². The molecule has 1 atom stereocenters. The summed E-state index contributed by atoms with van der Waals surface area (Å²) in [5, 5.41) is 1.00. The van der Waals surface area contributed by atoms with E-state index < -0.39 is 0 Å². The van der Waals surface area contributed by atoms with Crippen molar-refractivity contribution >= 4 is 11.8 Å². The van der Waals surface area contributed by atoms with Gasteiger partial charge in [-0.25, -0.2) is 9.97 Å². The highest BCUT2D eigenvalue weighted by Gasteiger charge is 2.16. The zero-order chi connectivity index (χ0) is 14.7. The van der Waals surface area contributed by atoms with E-state index in [9.17, 15) is 0 Å². The van der Waals surface area contributed by atoms with E-state index in [-0.39, 0.29) is 5.25 Å². The van der Waals surface area contributed by atoms with E-state index in [0.717, 1.165) is 22.1 Å². The molecule has 1 aromatic carbocycles. The molecule has 0 fully saturated rings. The minimum Gasteiger partial charge on any atom is -0.329 e. The maximum Gasteiger partial charge on any atom is 0.188 e. The number of hydrogen-bond donors (Lipinski definition) is 1. The van der Waals surface area contributed by atoms with Gasteiger partial charge in [-0.1, -0.05) is 36.0 Å². The predicted octanol–water partition coefficient (Wildman–Crippen LogP) is 3.50. The highest BCUT2D eigenvalue weighted by Crippen LogP contribution is 2.34. The number of nitrogens with zero attached hydrogens (tertiary/aromatic N) is 2. The van der Waals surface area contributed by atoms with Gasteiger partial charge in [0.05, 0.1) is 0 Å². The third-order valence-electron chi connectivity index (χ3n) is 3.61. The van der Waals surface area contributed by atoms with E-state index in [0.29, 0.717) is 6.54 Å². The first kappa shape index (κ1) is 15.0. The summed E-state index contributed by atoms with van der Waals surface area (Å²) in [7, 11) is 0. The Hall–Kier alpha value is -1.39. The minimum atomic E-state index is 0.192. The van der Waals surface area contributed by atoms with Gasteiger partial charge in [0.2, 0.25) is 0 Å². The maximum atomic E-state index is 5.95. The second-order valence-electron chi connectivity index (χ2n) is 5.00. The van der Waals surface area contributed by atoms with Gasteiger partial charge in [0.1, 0.15) is 0 Å². The van der Waals surface area contributed by atoms with Gasteiger partial charge in [-0.2, -0.15) is 0 Å². The van der Waals surface area contributed by atoms with Crippen LogP contribution in [0.1, 0.15) is 33.3 Å². The number of hydrogen-bond acceptors (Lipinski definition) is 4. The molecule has 20 heavy (non-hydrogen) atoms. The van der Waals surface area contributed by atoms with Gasteiger partial charge in [0.25, 0.3) is 0 Å². The molecule has 1 unspecified atom stereocenters. The van der Waals surface area contributed by atoms with Crippen molar-refractivity contribution in [2.45, 2.75) is 38.1 Å². The summed E-state index contributed by atoms with van der Waals surface area (Å²) in [6.45, 7) is 8.80. The van der Waals surface area contributed by atoms with Crippen LogP contribution in [0.5, 0.6) is 0 Å². The van der Waals surface area contributed by atoms with Gasteiger partial charge >= 0.3 is 0 Å². The summed E-state index contributed by atoms with van der Waals surface area (Å²) in [5.41, 5.74) is 11.7. The van der Waals surface area contributed by atoms with Crippen LogP contribution >= 0.6 is 11.8 Å². The van der Waals surface area contributed by atoms with Crippen LogP contribution in [0.2, 0.25) is 0 Å². The molecule has 0 bridgehead atoms. The second-order valence-corrected chi connectivity index (χ2v) is 6.17.